The fourth-order valence-corrected chi connectivity index (χ4v) is 3.29. The first kappa shape index (κ1) is 13.9. The standard InChI is InChI=1S/C13H24N4S/c1-3-17-10-12(8-15-17)9-16-6-4-13(11-14,18-2)5-7-16/h8,10H,3-7,9,11,14H2,1-2H3. The summed E-state index contributed by atoms with van der Waals surface area (Å²) in [6.07, 6.45) is 8.73. The molecule has 102 valence electrons. The van der Waals surface area contributed by atoms with Crippen LogP contribution in [0.4, 0.5) is 0 Å². The van der Waals surface area contributed by atoms with Crippen molar-refractivity contribution >= 4 is 11.8 Å². The number of aryl methyl sites for hydroxylation is 1. The average Bonchev–Trinajstić information content (AvgIpc) is 2.88. The number of hydrogen-bond acceptors (Lipinski definition) is 4. The van der Waals surface area contributed by atoms with E-state index in [1.807, 2.05) is 22.6 Å². The van der Waals surface area contributed by atoms with Gasteiger partial charge < -0.3 is 5.73 Å². The second-order valence-electron chi connectivity index (χ2n) is 5.07. The molecule has 0 amide bonds. The maximum Gasteiger partial charge on any atom is 0.0534 e. The average molecular weight is 268 g/mol. The van der Waals surface area contributed by atoms with Gasteiger partial charge in [0.25, 0.3) is 0 Å². The molecular weight excluding hydrogens is 244 g/mol. The van der Waals surface area contributed by atoms with Crippen molar-refractivity contribution < 1.29 is 0 Å². The Balaban J connectivity index is 1.86. The van der Waals surface area contributed by atoms with Gasteiger partial charge in [0.15, 0.2) is 0 Å². The molecule has 0 saturated carbocycles. The van der Waals surface area contributed by atoms with E-state index in [2.05, 4.69) is 29.4 Å². The fraction of sp³-hybridized carbons (Fsp3) is 0.769. The van der Waals surface area contributed by atoms with Gasteiger partial charge in [0, 0.05) is 36.1 Å². The third kappa shape index (κ3) is 3.08. The summed E-state index contributed by atoms with van der Waals surface area (Å²) in [5.74, 6) is 0. The molecular formula is C13H24N4S. The van der Waals surface area contributed by atoms with Gasteiger partial charge in [-0.05, 0) is 39.1 Å². The molecule has 2 rings (SSSR count). The molecule has 1 aromatic rings. The Morgan fingerprint density at radius 1 is 1.44 bits per heavy atom. The minimum atomic E-state index is 0.324. The quantitative estimate of drug-likeness (QED) is 0.880. The number of nitrogens with two attached hydrogens (primary N) is 1. The third-order valence-electron chi connectivity index (χ3n) is 3.99. The summed E-state index contributed by atoms with van der Waals surface area (Å²) >= 11 is 1.94. The van der Waals surface area contributed by atoms with E-state index >= 15 is 0 Å². The molecule has 1 aliphatic rings. The highest BCUT2D eigenvalue weighted by Crippen LogP contribution is 2.33. The molecule has 18 heavy (non-hydrogen) atoms. The molecule has 5 heteroatoms. The largest absolute Gasteiger partial charge is 0.329 e. The predicted octanol–water partition coefficient (Wildman–Crippen LogP) is 1.56. The van der Waals surface area contributed by atoms with Gasteiger partial charge in [-0.2, -0.15) is 16.9 Å². The van der Waals surface area contributed by atoms with E-state index < -0.39 is 0 Å². The van der Waals surface area contributed by atoms with Crippen LogP contribution in [0, 0.1) is 0 Å². The maximum atomic E-state index is 5.92. The molecule has 0 aliphatic carbocycles. The number of hydrogen-bond donors (Lipinski definition) is 1. The third-order valence-corrected chi connectivity index (χ3v) is 5.43. The van der Waals surface area contributed by atoms with Crippen molar-refractivity contribution in [2.24, 2.45) is 5.73 Å². The molecule has 0 bridgehead atoms. The van der Waals surface area contributed by atoms with Gasteiger partial charge in [-0.25, -0.2) is 0 Å². The van der Waals surface area contributed by atoms with Crippen LogP contribution in [0.1, 0.15) is 25.3 Å². The summed E-state index contributed by atoms with van der Waals surface area (Å²) in [4.78, 5) is 2.52. The summed E-state index contributed by atoms with van der Waals surface area (Å²) in [5.41, 5.74) is 7.24. The minimum Gasteiger partial charge on any atom is -0.329 e. The van der Waals surface area contributed by atoms with Crippen LogP contribution in [0.5, 0.6) is 0 Å². The Hall–Kier alpha value is -0.520. The molecule has 2 heterocycles. The Morgan fingerprint density at radius 2 is 2.17 bits per heavy atom. The second kappa shape index (κ2) is 6.08. The Morgan fingerprint density at radius 3 is 2.67 bits per heavy atom. The van der Waals surface area contributed by atoms with E-state index in [-0.39, 0.29) is 0 Å². The van der Waals surface area contributed by atoms with Crippen molar-refractivity contribution in [3.63, 3.8) is 0 Å². The lowest BCUT2D eigenvalue weighted by Crippen LogP contribution is -2.46. The maximum absolute atomic E-state index is 5.92. The van der Waals surface area contributed by atoms with Crippen LogP contribution in [0.2, 0.25) is 0 Å². The number of thioether (sulfide) groups is 1. The molecule has 0 unspecified atom stereocenters. The van der Waals surface area contributed by atoms with Gasteiger partial charge in [-0.1, -0.05) is 0 Å². The van der Waals surface area contributed by atoms with Crippen molar-refractivity contribution in [3.05, 3.63) is 18.0 Å². The van der Waals surface area contributed by atoms with Crippen LogP contribution < -0.4 is 5.73 Å². The molecule has 0 spiro atoms. The summed E-state index contributed by atoms with van der Waals surface area (Å²) in [5, 5.41) is 4.33. The van der Waals surface area contributed by atoms with Crippen LogP contribution in [0.25, 0.3) is 0 Å². The normalized spacial score (nSPS) is 20.2. The molecule has 2 N–H and O–H groups in total. The lowest BCUT2D eigenvalue weighted by Gasteiger charge is -2.39. The monoisotopic (exact) mass is 268 g/mol. The van der Waals surface area contributed by atoms with Gasteiger partial charge in [-0.15, -0.1) is 0 Å². The van der Waals surface area contributed by atoms with E-state index in [9.17, 15) is 0 Å². The molecule has 1 aromatic heterocycles. The molecule has 4 nitrogen and oxygen atoms in total. The zero-order chi connectivity index (χ0) is 13.0. The van der Waals surface area contributed by atoms with Crippen molar-refractivity contribution in [2.75, 3.05) is 25.9 Å². The van der Waals surface area contributed by atoms with E-state index in [1.54, 1.807) is 0 Å². The SMILES string of the molecule is CCn1cc(CN2CCC(CN)(SC)CC2)cn1. The summed E-state index contributed by atoms with van der Waals surface area (Å²) in [6.45, 7) is 7.18. The van der Waals surface area contributed by atoms with Gasteiger partial charge >= 0.3 is 0 Å². The first-order valence-corrected chi connectivity index (χ1v) is 7.93. The zero-order valence-corrected chi connectivity index (χ0v) is 12.2. The second-order valence-corrected chi connectivity index (χ2v) is 6.35. The van der Waals surface area contributed by atoms with Crippen LogP contribution in [0.3, 0.4) is 0 Å². The highest BCUT2D eigenvalue weighted by atomic mass is 32.2. The Bertz CT molecular complexity index is 363. The number of likely N-dealkylation sites (tertiary alicyclic amines) is 1. The fourth-order valence-electron chi connectivity index (χ4n) is 2.53. The van der Waals surface area contributed by atoms with E-state index in [0.29, 0.717) is 4.75 Å². The van der Waals surface area contributed by atoms with E-state index in [0.717, 1.165) is 32.7 Å². The molecule has 1 aliphatic heterocycles. The minimum absolute atomic E-state index is 0.324. The zero-order valence-electron chi connectivity index (χ0n) is 11.4. The number of aromatic nitrogens is 2. The first-order chi connectivity index (χ1) is 8.71. The first-order valence-electron chi connectivity index (χ1n) is 6.70. The van der Waals surface area contributed by atoms with Crippen LogP contribution in [-0.4, -0.2) is 45.3 Å². The highest BCUT2D eigenvalue weighted by Gasteiger charge is 2.32. The number of piperidine rings is 1. The summed E-state index contributed by atoms with van der Waals surface area (Å²) in [6, 6.07) is 0. The molecule has 0 atom stereocenters. The van der Waals surface area contributed by atoms with Crippen LogP contribution in [0.15, 0.2) is 12.4 Å². The summed E-state index contributed by atoms with van der Waals surface area (Å²) in [7, 11) is 0. The van der Waals surface area contributed by atoms with Gasteiger partial charge in [-0.3, -0.25) is 9.58 Å². The lowest BCUT2D eigenvalue weighted by molar-refractivity contribution is 0.195. The molecule has 0 aromatic carbocycles. The van der Waals surface area contributed by atoms with Crippen molar-refractivity contribution in [2.45, 2.75) is 37.6 Å². The van der Waals surface area contributed by atoms with Gasteiger partial charge in [0.2, 0.25) is 0 Å². The number of nitrogens with zero attached hydrogens (tertiary/aromatic N) is 3. The molecule has 1 saturated heterocycles. The lowest BCUT2D eigenvalue weighted by atomic mass is 9.95. The van der Waals surface area contributed by atoms with Crippen LogP contribution >= 0.6 is 11.8 Å². The van der Waals surface area contributed by atoms with Crippen molar-refractivity contribution in [1.29, 1.82) is 0 Å². The Kier molecular flexibility index (Phi) is 4.70. The van der Waals surface area contributed by atoms with Crippen molar-refractivity contribution in [3.8, 4) is 0 Å². The van der Waals surface area contributed by atoms with Crippen molar-refractivity contribution in [1.82, 2.24) is 14.7 Å². The summed E-state index contributed by atoms with van der Waals surface area (Å²) < 4.78 is 2.31. The topological polar surface area (TPSA) is 47.1 Å². The van der Waals surface area contributed by atoms with E-state index in [1.165, 1.54) is 18.4 Å². The molecule has 0 radical (unpaired) electrons. The molecule has 1 fully saturated rings. The Labute approximate surface area is 114 Å². The van der Waals surface area contributed by atoms with E-state index in [4.69, 9.17) is 5.73 Å². The highest BCUT2D eigenvalue weighted by molar-refractivity contribution is 8.00. The van der Waals surface area contributed by atoms with Gasteiger partial charge in [0.1, 0.15) is 0 Å². The predicted molar refractivity (Wildman–Crippen MR) is 77.7 cm³/mol. The van der Waals surface area contributed by atoms with Crippen LogP contribution in [-0.2, 0) is 13.1 Å². The van der Waals surface area contributed by atoms with Gasteiger partial charge in [0.05, 0.1) is 6.20 Å². The number of rotatable bonds is 5. The smallest absolute Gasteiger partial charge is 0.0534 e.